The highest BCUT2D eigenvalue weighted by atomic mass is 16.2. The van der Waals surface area contributed by atoms with Gasteiger partial charge in [0.25, 0.3) is 0 Å². The van der Waals surface area contributed by atoms with Gasteiger partial charge in [-0.15, -0.1) is 0 Å². The molecule has 0 spiro atoms. The molecule has 0 amide bonds. The van der Waals surface area contributed by atoms with Crippen molar-refractivity contribution in [3.63, 3.8) is 0 Å². The van der Waals surface area contributed by atoms with Gasteiger partial charge in [0, 0.05) is 28.5 Å². The van der Waals surface area contributed by atoms with E-state index in [1.165, 1.54) is 0 Å². The van der Waals surface area contributed by atoms with Crippen molar-refractivity contribution < 1.29 is 9.59 Å². The Labute approximate surface area is 167 Å². The van der Waals surface area contributed by atoms with Crippen molar-refractivity contribution in [3.8, 4) is 16.9 Å². The predicted molar refractivity (Wildman–Crippen MR) is 112 cm³/mol. The third kappa shape index (κ3) is 2.91. The fraction of sp³-hybridized carbons (Fsp3) is 0. The molecule has 4 nitrogen and oxygen atoms in total. The van der Waals surface area contributed by atoms with E-state index >= 15 is 0 Å². The van der Waals surface area contributed by atoms with Crippen molar-refractivity contribution in [1.29, 1.82) is 0 Å². The Morgan fingerprint density at radius 2 is 1.24 bits per heavy atom. The maximum absolute atomic E-state index is 12.8. The second-order valence-electron chi connectivity index (χ2n) is 6.84. The van der Waals surface area contributed by atoms with Gasteiger partial charge < -0.3 is 0 Å². The summed E-state index contributed by atoms with van der Waals surface area (Å²) in [5.41, 5.74) is 4.37. The van der Waals surface area contributed by atoms with E-state index in [1.807, 2.05) is 66.9 Å². The molecule has 4 heteroatoms. The monoisotopic (exact) mass is 376 g/mol. The molecule has 1 heterocycles. The lowest BCUT2D eigenvalue weighted by Crippen LogP contribution is -2.00. The minimum absolute atomic E-state index is 0.177. The van der Waals surface area contributed by atoms with Crippen LogP contribution in [-0.2, 0) is 0 Å². The molecular weight excluding hydrogens is 360 g/mol. The second kappa shape index (κ2) is 6.84. The van der Waals surface area contributed by atoms with Gasteiger partial charge in [0.05, 0.1) is 17.0 Å². The van der Waals surface area contributed by atoms with Gasteiger partial charge in [0.15, 0.2) is 11.6 Å². The first-order valence-electron chi connectivity index (χ1n) is 9.33. The molecule has 0 saturated heterocycles. The van der Waals surface area contributed by atoms with Gasteiger partial charge in [-0.2, -0.15) is 5.10 Å². The molecular formula is C25H16N2O2. The zero-order chi connectivity index (χ0) is 19.8. The van der Waals surface area contributed by atoms with Crippen LogP contribution in [0, 0.1) is 0 Å². The summed E-state index contributed by atoms with van der Waals surface area (Å²) >= 11 is 0. The predicted octanol–water partition coefficient (Wildman–Crippen LogP) is 5.00. The van der Waals surface area contributed by atoms with Crippen LogP contribution in [0.4, 0.5) is 0 Å². The maximum atomic E-state index is 12.8. The smallest absolute Gasteiger partial charge is 0.197 e. The summed E-state index contributed by atoms with van der Waals surface area (Å²) in [7, 11) is 0. The first-order valence-corrected chi connectivity index (χ1v) is 9.33. The lowest BCUT2D eigenvalue weighted by Gasteiger charge is -2.00. The van der Waals surface area contributed by atoms with E-state index in [1.54, 1.807) is 35.0 Å². The minimum Gasteiger partial charge on any atom is -0.288 e. The highest BCUT2D eigenvalue weighted by Crippen LogP contribution is 2.31. The number of hydrogen-bond donors (Lipinski definition) is 0. The Morgan fingerprint density at radius 3 is 1.86 bits per heavy atom. The quantitative estimate of drug-likeness (QED) is 0.373. The molecule has 0 aliphatic heterocycles. The SMILES string of the molecule is O=C1C(=Cc2cn(-c3ccccc3)nc2-c2ccccc2)C(=O)c2ccccc21. The average molecular weight is 376 g/mol. The van der Waals surface area contributed by atoms with Crippen LogP contribution in [0.15, 0.2) is 96.7 Å². The highest BCUT2D eigenvalue weighted by Gasteiger charge is 2.33. The number of carbonyl (C=O) groups is 2. The van der Waals surface area contributed by atoms with Gasteiger partial charge >= 0.3 is 0 Å². The molecule has 0 bridgehead atoms. The average Bonchev–Trinajstić information content (AvgIpc) is 3.31. The van der Waals surface area contributed by atoms with Crippen molar-refractivity contribution in [1.82, 2.24) is 9.78 Å². The zero-order valence-corrected chi connectivity index (χ0v) is 15.4. The van der Waals surface area contributed by atoms with Gasteiger partial charge in [-0.05, 0) is 18.2 Å². The first-order chi connectivity index (χ1) is 14.2. The zero-order valence-electron chi connectivity index (χ0n) is 15.4. The van der Waals surface area contributed by atoms with Crippen molar-refractivity contribution in [3.05, 3.63) is 113 Å². The van der Waals surface area contributed by atoms with Crippen LogP contribution in [0.2, 0.25) is 0 Å². The molecule has 0 N–H and O–H groups in total. The van der Waals surface area contributed by atoms with Crippen LogP contribution in [0.5, 0.6) is 0 Å². The minimum atomic E-state index is -0.239. The number of para-hydroxylation sites is 1. The van der Waals surface area contributed by atoms with E-state index in [9.17, 15) is 9.59 Å². The van der Waals surface area contributed by atoms with E-state index < -0.39 is 0 Å². The molecule has 1 aliphatic rings. The van der Waals surface area contributed by atoms with Gasteiger partial charge in [-0.3, -0.25) is 9.59 Å². The molecule has 1 aromatic heterocycles. The number of Topliss-reactive ketones (excluding diaryl/α,β-unsaturated/α-hetero) is 2. The fourth-order valence-corrected chi connectivity index (χ4v) is 3.59. The van der Waals surface area contributed by atoms with Crippen LogP contribution in [0.3, 0.4) is 0 Å². The number of carbonyl (C=O) groups excluding carboxylic acids is 2. The van der Waals surface area contributed by atoms with Gasteiger partial charge in [-0.25, -0.2) is 4.68 Å². The van der Waals surface area contributed by atoms with Crippen LogP contribution in [0.25, 0.3) is 23.0 Å². The van der Waals surface area contributed by atoms with Crippen molar-refractivity contribution in [2.75, 3.05) is 0 Å². The Bertz CT molecular complexity index is 1230. The number of allylic oxidation sites excluding steroid dienone is 1. The summed E-state index contributed by atoms with van der Waals surface area (Å²) in [5, 5.41) is 4.74. The van der Waals surface area contributed by atoms with Crippen LogP contribution in [0.1, 0.15) is 26.3 Å². The molecule has 0 radical (unpaired) electrons. The number of nitrogens with zero attached hydrogens (tertiary/aromatic N) is 2. The number of hydrogen-bond acceptors (Lipinski definition) is 3. The number of ketones is 2. The molecule has 29 heavy (non-hydrogen) atoms. The Morgan fingerprint density at radius 1 is 0.690 bits per heavy atom. The Hall–Kier alpha value is -4.05. The summed E-state index contributed by atoms with van der Waals surface area (Å²) in [6.07, 6.45) is 3.52. The standard InChI is InChI=1S/C25H16N2O2/c28-24-20-13-7-8-14-21(20)25(29)22(24)15-18-16-27(19-11-5-2-6-12-19)26-23(18)17-9-3-1-4-10-17/h1-16H. The molecule has 138 valence electrons. The first kappa shape index (κ1) is 17.1. The number of benzene rings is 3. The molecule has 0 saturated carbocycles. The maximum Gasteiger partial charge on any atom is 0.197 e. The molecule has 0 unspecified atom stereocenters. The second-order valence-corrected chi connectivity index (χ2v) is 6.84. The molecule has 1 aliphatic carbocycles. The van der Waals surface area contributed by atoms with E-state index in [-0.39, 0.29) is 17.1 Å². The van der Waals surface area contributed by atoms with Gasteiger partial charge in [0.2, 0.25) is 0 Å². The molecule has 4 aromatic rings. The summed E-state index contributed by atoms with van der Waals surface area (Å²) in [6.45, 7) is 0. The summed E-state index contributed by atoms with van der Waals surface area (Å²) in [6, 6.07) is 26.4. The largest absolute Gasteiger partial charge is 0.288 e. The summed E-state index contributed by atoms with van der Waals surface area (Å²) < 4.78 is 1.77. The van der Waals surface area contributed by atoms with Crippen LogP contribution in [-0.4, -0.2) is 21.3 Å². The normalized spacial score (nSPS) is 12.9. The van der Waals surface area contributed by atoms with E-state index in [0.29, 0.717) is 11.1 Å². The van der Waals surface area contributed by atoms with Crippen molar-refractivity contribution >= 4 is 17.6 Å². The van der Waals surface area contributed by atoms with Crippen LogP contribution < -0.4 is 0 Å². The molecule has 5 rings (SSSR count). The molecule has 0 fully saturated rings. The Kier molecular flexibility index (Phi) is 4.03. The lowest BCUT2D eigenvalue weighted by atomic mass is 10.0. The third-order valence-corrected chi connectivity index (χ3v) is 5.02. The fourth-order valence-electron chi connectivity index (χ4n) is 3.59. The van der Waals surface area contributed by atoms with Crippen molar-refractivity contribution in [2.45, 2.75) is 0 Å². The number of aromatic nitrogens is 2. The van der Waals surface area contributed by atoms with Gasteiger partial charge in [-0.1, -0.05) is 72.8 Å². The lowest BCUT2D eigenvalue weighted by molar-refractivity contribution is 0.0990. The molecule has 3 aromatic carbocycles. The number of rotatable bonds is 3. The van der Waals surface area contributed by atoms with E-state index in [4.69, 9.17) is 5.10 Å². The molecule has 0 atom stereocenters. The van der Waals surface area contributed by atoms with Crippen molar-refractivity contribution in [2.24, 2.45) is 0 Å². The summed E-state index contributed by atoms with van der Waals surface area (Å²) in [5.74, 6) is -0.478. The van der Waals surface area contributed by atoms with E-state index in [2.05, 4.69) is 0 Å². The highest BCUT2D eigenvalue weighted by molar-refractivity contribution is 6.41. The number of fused-ring (bicyclic) bond motifs is 1. The van der Waals surface area contributed by atoms with E-state index in [0.717, 1.165) is 22.5 Å². The summed E-state index contributed by atoms with van der Waals surface area (Å²) in [4.78, 5) is 25.6. The Balaban J connectivity index is 1.67. The third-order valence-electron chi connectivity index (χ3n) is 5.02. The van der Waals surface area contributed by atoms with Crippen LogP contribution >= 0.6 is 0 Å². The topological polar surface area (TPSA) is 52.0 Å². The van der Waals surface area contributed by atoms with Gasteiger partial charge in [0.1, 0.15) is 0 Å².